The van der Waals surface area contributed by atoms with Gasteiger partial charge in [0, 0.05) is 13.0 Å². The SMILES string of the molecule is O=C(CCC1CCNCC1)NCC(O)CO. The molecule has 0 aromatic rings. The molecule has 4 N–H and O–H groups in total. The first-order valence-electron chi connectivity index (χ1n) is 5.98. The summed E-state index contributed by atoms with van der Waals surface area (Å²) in [5, 5.41) is 23.5. The second-order valence-corrected chi connectivity index (χ2v) is 4.37. The summed E-state index contributed by atoms with van der Waals surface area (Å²) in [6.45, 7) is 1.93. The van der Waals surface area contributed by atoms with Gasteiger partial charge in [0.15, 0.2) is 0 Å². The van der Waals surface area contributed by atoms with E-state index in [0.29, 0.717) is 12.3 Å². The van der Waals surface area contributed by atoms with E-state index < -0.39 is 6.10 Å². The fourth-order valence-electron chi connectivity index (χ4n) is 1.89. The maximum atomic E-state index is 11.4. The van der Waals surface area contributed by atoms with E-state index in [1.165, 1.54) is 0 Å². The van der Waals surface area contributed by atoms with Crippen LogP contribution in [0.1, 0.15) is 25.7 Å². The van der Waals surface area contributed by atoms with Gasteiger partial charge in [0.25, 0.3) is 0 Å². The number of amides is 1. The molecular weight excluding hydrogens is 208 g/mol. The van der Waals surface area contributed by atoms with Crippen LogP contribution in [0.4, 0.5) is 0 Å². The summed E-state index contributed by atoms with van der Waals surface area (Å²) in [5.74, 6) is 0.612. The normalized spacial score (nSPS) is 19.4. The molecule has 1 amide bonds. The van der Waals surface area contributed by atoms with Crippen molar-refractivity contribution >= 4 is 5.91 Å². The molecule has 5 heteroatoms. The van der Waals surface area contributed by atoms with E-state index in [1.807, 2.05) is 0 Å². The molecule has 1 saturated heterocycles. The highest BCUT2D eigenvalue weighted by molar-refractivity contribution is 5.75. The van der Waals surface area contributed by atoms with Crippen LogP contribution >= 0.6 is 0 Å². The van der Waals surface area contributed by atoms with Crippen molar-refractivity contribution in [3.8, 4) is 0 Å². The third-order valence-corrected chi connectivity index (χ3v) is 2.98. The number of aliphatic hydroxyl groups is 2. The zero-order chi connectivity index (χ0) is 11.8. The Morgan fingerprint density at radius 3 is 2.75 bits per heavy atom. The van der Waals surface area contributed by atoms with Crippen molar-refractivity contribution in [2.45, 2.75) is 31.8 Å². The number of carbonyl (C=O) groups is 1. The lowest BCUT2D eigenvalue weighted by Gasteiger charge is -2.22. The Labute approximate surface area is 96.2 Å². The van der Waals surface area contributed by atoms with Gasteiger partial charge in [-0.2, -0.15) is 0 Å². The van der Waals surface area contributed by atoms with Crippen molar-refractivity contribution in [3.63, 3.8) is 0 Å². The molecule has 0 saturated carbocycles. The zero-order valence-electron chi connectivity index (χ0n) is 9.61. The second kappa shape index (κ2) is 7.60. The molecule has 1 atom stereocenters. The summed E-state index contributed by atoms with van der Waals surface area (Å²) in [6.07, 6.45) is 2.88. The highest BCUT2D eigenvalue weighted by Gasteiger charge is 2.14. The third-order valence-electron chi connectivity index (χ3n) is 2.98. The minimum absolute atomic E-state index is 0.0361. The number of hydrogen-bond acceptors (Lipinski definition) is 4. The summed E-state index contributed by atoms with van der Waals surface area (Å²) < 4.78 is 0. The van der Waals surface area contributed by atoms with Crippen LogP contribution in [0, 0.1) is 5.92 Å². The first-order valence-corrected chi connectivity index (χ1v) is 5.98. The highest BCUT2D eigenvalue weighted by atomic mass is 16.3. The molecule has 1 aliphatic rings. The molecule has 1 fully saturated rings. The molecule has 5 nitrogen and oxygen atoms in total. The van der Waals surface area contributed by atoms with E-state index in [9.17, 15) is 4.79 Å². The molecule has 0 radical (unpaired) electrons. The summed E-state index contributed by atoms with van der Waals surface area (Å²) in [4.78, 5) is 11.4. The van der Waals surface area contributed by atoms with Crippen LogP contribution in [0.5, 0.6) is 0 Å². The average Bonchev–Trinajstić information content (AvgIpc) is 2.34. The molecular formula is C11H22N2O3. The van der Waals surface area contributed by atoms with E-state index in [1.54, 1.807) is 0 Å². The van der Waals surface area contributed by atoms with Gasteiger partial charge in [-0.1, -0.05) is 0 Å². The molecule has 0 aliphatic carbocycles. The molecule has 1 unspecified atom stereocenters. The Balaban J connectivity index is 2.05. The molecule has 1 rings (SSSR count). The third kappa shape index (κ3) is 5.44. The van der Waals surface area contributed by atoms with E-state index in [2.05, 4.69) is 10.6 Å². The highest BCUT2D eigenvalue weighted by Crippen LogP contribution is 2.17. The molecule has 0 aromatic carbocycles. The van der Waals surface area contributed by atoms with Gasteiger partial charge >= 0.3 is 0 Å². The Morgan fingerprint density at radius 1 is 1.44 bits per heavy atom. The first-order chi connectivity index (χ1) is 7.72. The predicted molar refractivity (Wildman–Crippen MR) is 60.9 cm³/mol. The largest absolute Gasteiger partial charge is 0.394 e. The monoisotopic (exact) mass is 230 g/mol. The lowest BCUT2D eigenvalue weighted by Crippen LogP contribution is -2.34. The summed E-state index contributed by atoms with van der Waals surface area (Å²) in [6, 6.07) is 0. The Kier molecular flexibility index (Phi) is 6.37. The van der Waals surface area contributed by atoms with Crippen LogP contribution in [-0.4, -0.2) is 48.5 Å². The van der Waals surface area contributed by atoms with E-state index in [-0.39, 0.29) is 19.1 Å². The fraction of sp³-hybridized carbons (Fsp3) is 0.909. The first kappa shape index (κ1) is 13.4. The van der Waals surface area contributed by atoms with Gasteiger partial charge in [-0.05, 0) is 38.3 Å². The summed E-state index contributed by atoms with van der Waals surface area (Å²) >= 11 is 0. The Morgan fingerprint density at radius 2 is 2.12 bits per heavy atom. The fourth-order valence-corrected chi connectivity index (χ4v) is 1.89. The molecule has 0 bridgehead atoms. The Bertz CT molecular complexity index is 205. The minimum atomic E-state index is -0.845. The van der Waals surface area contributed by atoms with Crippen LogP contribution in [-0.2, 0) is 4.79 Å². The van der Waals surface area contributed by atoms with Gasteiger partial charge in [-0.25, -0.2) is 0 Å². The summed E-state index contributed by atoms with van der Waals surface area (Å²) in [7, 11) is 0. The van der Waals surface area contributed by atoms with Crippen molar-refractivity contribution in [2.24, 2.45) is 5.92 Å². The maximum Gasteiger partial charge on any atom is 0.220 e. The lowest BCUT2D eigenvalue weighted by molar-refractivity contribution is -0.122. The molecule has 0 aromatic heterocycles. The van der Waals surface area contributed by atoms with Crippen LogP contribution in [0.3, 0.4) is 0 Å². The molecule has 0 spiro atoms. The number of piperidine rings is 1. The Hall–Kier alpha value is -0.650. The molecule has 94 valence electrons. The van der Waals surface area contributed by atoms with Gasteiger partial charge in [-0.3, -0.25) is 4.79 Å². The lowest BCUT2D eigenvalue weighted by atomic mass is 9.93. The van der Waals surface area contributed by atoms with Crippen molar-refractivity contribution in [2.75, 3.05) is 26.2 Å². The van der Waals surface area contributed by atoms with E-state index in [4.69, 9.17) is 10.2 Å². The van der Waals surface area contributed by atoms with Gasteiger partial charge < -0.3 is 20.8 Å². The van der Waals surface area contributed by atoms with E-state index >= 15 is 0 Å². The average molecular weight is 230 g/mol. The van der Waals surface area contributed by atoms with Gasteiger partial charge in [0.1, 0.15) is 0 Å². The van der Waals surface area contributed by atoms with Gasteiger partial charge in [0.05, 0.1) is 12.7 Å². The number of rotatable bonds is 6. The topological polar surface area (TPSA) is 81.6 Å². The summed E-state index contributed by atoms with van der Waals surface area (Å²) in [5.41, 5.74) is 0. The van der Waals surface area contributed by atoms with Crippen LogP contribution < -0.4 is 10.6 Å². The van der Waals surface area contributed by atoms with Crippen molar-refractivity contribution < 1.29 is 15.0 Å². The number of nitrogens with one attached hydrogen (secondary N) is 2. The van der Waals surface area contributed by atoms with Crippen molar-refractivity contribution in [3.05, 3.63) is 0 Å². The van der Waals surface area contributed by atoms with Crippen LogP contribution in [0.2, 0.25) is 0 Å². The molecule has 16 heavy (non-hydrogen) atoms. The van der Waals surface area contributed by atoms with E-state index in [0.717, 1.165) is 32.4 Å². The zero-order valence-corrected chi connectivity index (χ0v) is 9.61. The van der Waals surface area contributed by atoms with Crippen LogP contribution in [0.15, 0.2) is 0 Å². The van der Waals surface area contributed by atoms with Gasteiger partial charge in [-0.15, -0.1) is 0 Å². The smallest absolute Gasteiger partial charge is 0.220 e. The van der Waals surface area contributed by atoms with Crippen molar-refractivity contribution in [1.29, 1.82) is 0 Å². The predicted octanol–water partition coefficient (Wildman–Crippen LogP) is -0.764. The van der Waals surface area contributed by atoms with Crippen molar-refractivity contribution in [1.82, 2.24) is 10.6 Å². The quantitative estimate of drug-likeness (QED) is 0.483. The minimum Gasteiger partial charge on any atom is -0.394 e. The van der Waals surface area contributed by atoms with Crippen LogP contribution in [0.25, 0.3) is 0 Å². The standard InChI is InChI=1S/C11H22N2O3/c14-8-10(15)7-13-11(16)2-1-9-3-5-12-6-4-9/h9-10,12,14-15H,1-8H2,(H,13,16). The maximum absolute atomic E-state index is 11.4. The number of carbonyl (C=O) groups excluding carboxylic acids is 1. The van der Waals surface area contributed by atoms with Gasteiger partial charge in [0.2, 0.25) is 5.91 Å². The molecule has 1 heterocycles. The second-order valence-electron chi connectivity index (χ2n) is 4.37. The number of hydrogen-bond donors (Lipinski definition) is 4. The molecule has 1 aliphatic heterocycles. The number of aliphatic hydroxyl groups excluding tert-OH is 2.